The van der Waals surface area contributed by atoms with Crippen LogP contribution < -0.4 is 34.0 Å². The Balaban J connectivity index is -0.00000722. The van der Waals surface area contributed by atoms with Gasteiger partial charge in [0.15, 0.2) is 16.6 Å². The second-order valence-corrected chi connectivity index (χ2v) is 21.1. The molecule has 0 amide bonds. The molecule has 0 radical (unpaired) electrons. The Bertz CT molecular complexity index is 506. The number of quaternary nitrogens is 2. The molecule has 0 rings (SSSR count). The van der Waals surface area contributed by atoms with E-state index in [1.54, 1.807) is 42.7 Å². The van der Waals surface area contributed by atoms with Gasteiger partial charge in [0.25, 0.3) is 0 Å². The van der Waals surface area contributed by atoms with Crippen molar-refractivity contribution in [2.45, 2.75) is 51.1 Å². The van der Waals surface area contributed by atoms with Crippen molar-refractivity contribution in [1.82, 2.24) is 0 Å². The van der Waals surface area contributed by atoms with E-state index in [1.807, 2.05) is 0 Å². The van der Waals surface area contributed by atoms with Gasteiger partial charge in [0.2, 0.25) is 0 Å². The fourth-order valence-corrected chi connectivity index (χ4v) is 14.4. The molecule has 0 aliphatic carbocycles. The Kier molecular flexibility index (Phi) is 29.8. The maximum atomic E-state index is 7.06. The summed E-state index contributed by atoms with van der Waals surface area (Å²) in [6.45, 7) is 22.3. The Morgan fingerprint density at radius 2 is 0.610 bits per heavy atom. The SMILES string of the molecule is COCC[N+](CCC[Si](C)(C)O[Si](C)(C)CCC[N+](CCOC)(CCOC)CCOC)(CCOC)CCOC.[Br-].[Br-]. The molecule has 0 aromatic rings. The summed E-state index contributed by atoms with van der Waals surface area (Å²) >= 11 is 0. The third kappa shape index (κ3) is 22.2. The number of ether oxygens (including phenoxy) is 6. The van der Waals surface area contributed by atoms with Crippen LogP contribution >= 0.6 is 0 Å². The first-order valence-electron chi connectivity index (χ1n) is 14.8. The summed E-state index contributed by atoms with van der Waals surface area (Å²) < 4.78 is 41.8. The summed E-state index contributed by atoms with van der Waals surface area (Å²) in [7, 11) is 7.12. The molecule has 0 aliphatic heterocycles. The highest BCUT2D eigenvalue weighted by Gasteiger charge is 2.35. The van der Waals surface area contributed by atoms with Crippen LogP contribution in [0.15, 0.2) is 0 Å². The van der Waals surface area contributed by atoms with E-state index < -0.39 is 16.6 Å². The van der Waals surface area contributed by atoms with Crippen molar-refractivity contribution >= 4 is 16.6 Å². The number of hydrogen-bond acceptors (Lipinski definition) is 7. The summed E-state index contributed by atoms with van der Waals surface area (Å²) in [5.74, 6) is 0. The van der Waals surface area contributed by atoms with Gasteiger partial charge in [-0.2, -0.15) is 0 Å². The van der Waals surface area contributed by atoms with Gasteiger partial charge in [-0.05, 0) is 51.1 Å². The van der Waals surface area contributed by atoms with Crippen LogP contribution in [0.1, 0.15) is 12.8 Å². The molecular formula is C28H66Br2N2O7Si2. The summed E-state index contributed by atoms with van der Waals surface area (Å²) in [4.78, 5) is 0. The first-order chi connectivity index (χ1) is 18.5. The minimum Gasteiger partial charge on any atom is -1.00 e. The van der Waals surface area contributed by atoms with Crippen molar-refractivity contribution < 1.29 is 75.5 Å². The molecule has 0 unspecified atom stereocenters. The number of rotatable bonds is 28. The number of hydrogen-bond donors (Lipinski definition) is 0. The zero-order valence-corrected chi connectivity index (χ0v) is 33.4. The second-order valence-electron chi connectivity index (χ2n) is 12.3. The molecule has 0 atom stereocenters. The predicted octanol–water partition coefficient (Wildman–Crippen LogP) is -2.29. The van der Waals surface area contributed by atoms with Gasteiger partial charge in [0.1, 0.15) is 39.3 Å². The van der Waals surface area contributed by atoms with Gasteiger partial charge in [-0.25, -0.2) is 0 Å². The van der Waals surface area contributed by atoms with E-state index in [0.717, 1.165) is 114 Å². The van der Waals surface area contributed by atoms with Gasteiger partial charge >= 0.3 is 0 Å². The fraction of sp³-hybridized carbons (Fsp3) is 1.00. The van der Waals surface area contributed by atoms with Crippen LogP contribution in [0.4, 0.5) is 0 Å². The lowest BCUT2D eigenvalue weighted by atomic mass is 10.2. The third-order valence-electron chi connectivity index (χ3n) is 7.99. The molecule has 252 valence electrons. The normalized spacial score (nSPS) is 12.7. The molecule has 0 saturated heterocycles. The molecule has 0 spiro atoms. The Labute approximate surface area is 276 Å². The fourth-order valence-electron chi connectivity index (χ4n) is 5.58. The highest BCUT2D eigenvalue weighted by atomic mass is 79.9. The van der Waals surface area contributed by atoms with Crippen LogP contribution in [0.3, 0.4) is 0 Å². The van der Waals surface area contributed by atoms with E-state index in [1.165, 1.54) is 12.1 Å². The number of nitrogens with zero attached hydrogens (tertiary/aromatic N) is 2. The van der Waals surface area contributed by atoms with Crippen molar-refractivity contribution in [2.24, 2.45) is 0 Å². The first kappa shape index (κ1) is 46.5. The standard InChI is InChI=1S/C28H66N2O7Si2.2BrH/c1-31-21-15-29(16-22-32-2,17-23-33-3)13-11-27-38(7,8)37-39(9,10)28-12-14-30(18-24-34-4,19-25-35-5)20-26-36-6;;/h11-28H2,1-10H3;2*1H/q+2;;/p-2. The van der Waals surface area contributed by atoms with Gasteiger partial charge in [-0.3, -0.25) is 0 Å². The van der Waals surface area contributed by atoms with Crippen molar-refractivity contribution in [1.29, 1.82) is 0 Å². The van der Waals surface area contributed by atoms with E-state index in [2.05, 4.69) is 26.2 Å². The summed E-state index contributed by atoms with van der Waals surface area (Å²) in [5, 5.41) is 0. The summed E-state index contributed by atoms with van der Waals surface area (Å²) in [6.07, 6.45) is 2.32. The zero-order chi connectivity index (χ0) is 29.7. The molecule has 0 aliphatic rings. The monoisotopic (exact) mass is 756 g/mol. The van der Waals surface area contributed by atoms with Gasteiger partial charge in [0, 0.05) is 42.7 Å². The van der Waals surface area contributed by atoms with E-state index in [4.69, 9.17) is 32.5 Å². The predicted molar refractivity (Wildman–Crippen MR) is 166 cm³/mol. The topological polar surface area (TPSA) is 64.6 Å². The van der Waals surface area contributed by atoms with Crippen LogP contribution in [0.5, 0.6) is 0 Å². The highest BCUT2D eigenvalue weighted by molar-refractivity contribution is 6.84. The minimum absolute atomic E-state index is 0. The Morgan fingerprint density at radius 1 is 0.390 bits per heavy atom. The van der Waals surface area contributed by atoms with Crippen LogP contribution in [0.25, 0.3) is 0 Å². The molecule has 0 saturated carbocycles. The average Bonchev–Trinajstić information content (AvgIpc) is 2.89. The Hall–Kier alpha value is 1.03. The quantitative estimate of drug-likeness (QED) is 0.0659. The van der Waals surface area contributed by atoms with Gasteiger partial charge < -0.3 is 75.5 Å². The molecule has 0 aromatic carbocycles. The lowest BCUT2D eigenvalue weighted by Gasteiger charge is -2.40. The van der Waals surface area contributed by atoms with Crippen LogP contribution in [0.2, 0.25) is 38.3 Å². The van der Waals surface area contributed by atoms with Crippen molar-refractivity contribution in [2.75, 3.05) is 135 Å². The van der Waals surface area contributed by atoms with Gasteiger partial charge in [-0.15, -0.1) is 0 Å². The number of methoxy groups -OCH3 is 6. The van der Waals surface area contributed by atoms with E-state index >= 15 is 0 Å². The van der Waals surface area contributed by atoms with E-state index in [0.29, 0.717) is 0 Å². The third-order valence-corrected chi connectivity index (χ3v) is 15.5. The average molecular weight is 759 g/mol. The van der Waals surface area contributed by atoms with Crippen molar-refractivity contribution in [3.05, 3.63) is 0 Å². The highest BCUT2D eigenvalue weighted by Crippen LogP contribution is 2.25. The number of halogens is 2. The van der Waals surface area contributed by atoms with Gasteiger partial charge in [0.05, 0.1) is 52.7 Å². The van der Waals surface area contributed by atoms with E-state index in [-0.39, 0.29) is 34.0 Å². The maximum absolute atomic E-state index is 7.06. The van der Waals surface area contributed by atoms with Crippen LogP contribution in [-0.4, -0.2) is 160 Å². The zero-order valence-electron chi connectivity index (χ0n) is 28.2. The molecule has 0 N–H and O–H groups in total. The lowest BCUT2D eigenvalue weighted by molar-refractivity contribution is -0.929. The molecule has 13 heteroatoms. The lowest BCUT2D eigenvalue weighted by Crippen LogP contribution is -3.00. The van der Waals surface area contributed by atoms with Crippen molar-refractivity contribution in [3.8, 4) is 0 Å². The molecule has 0 heterocycles. The van der Waals surface area contributed by atoms with Gasteiger partial charge in [-0.1, -0.05) is 0 Å². The molecule has 41 heavy (non-hydrogen) atoms. The molecule has 9 nitrogen and oxygen atoms in total. The van der Waals surface area contributed by atoms with Crippen LogP contribution in [0, 0.1) is 0 Å². The first-order valence-corrected chi connectivity index (χ1v) is 21.1. The summed E-state index contributed by atoms with van der Waals surface area (Å²) in [5.41, 5.74) is 0. The molecule has 0 bridgehead atoms. The molecule has 0 fully saturated rings. The second kappa shape index (κ2) is 26.3. The minimum atomic E-state index is -1.80. The Morgan fingerprint density at radius 3 is 0.805 bits per heavy atom. The van der Waals surface area contributed by atoms with E-state index in [9.17, 15) is 0 Å². The molecule has 0 aromatic heterocycles. The summed E-state index contributed by atoms with van der Waals surface area (Å²) in [6, 6.07) is 2.35. The molecular weight excluding hydrogens is 692 g/mol. The maximum Gasteiger partial charge on any atom is 0.173 e. The van der Waals surface area contributed by atoms with Crippen molar-refractivity contribution in [3.63, 3.8) is 0 Å². The smallest absolute Gasteiger partial charge is 0.173 e. The largest absolute Gasteiger partial charge is 1.00 e. The van der Waals surface area contributed by atoms with Crippen LogP contribution in [-0.2, 0) is 32.5 Å².